The number of nitrogens with one attached hydrogen (secondary N) is 2. The van der Waals surface area contributed by atoms with Crippen molar-refractivity contribution in [2.24, 2.45) is 0 Å². The van der Waals surface area contributed by atoms with E-state index < -0.39 is 0 Å². The fraction of sp³-hybridized carbons (Fsp3) is 0.364. The molecule has 2 rings (SSSR count). The van der Waals surface area contributed by atoms with E-state index in [0.717, 1.165) is 17.3 Å². The number of hydrogen-bond donors (Lipinski definition) is 3. The molecule has 0 saturated carbocycles. The third-order valence-corrected chi connectivity index (χ3v) is 2.99. The molecule has 0 saturated heterocycles. The summed E-state index contributed by atoms with van der Waals surface area (Å²) in [7, 11) is 0. The van der Waals surface area contributed by atoms with Crippen LogP contribution in [0.3, 0.4) is 0 Å². The summed E-state index contributed by atoms with van der Waals surface area (Å²) in [6.07, 6.45) is 0.987. The summed E-state index contributed by atoms with van der Waals surface area (Å²) in [5.74, 6) is 0. The number of hydrogen-bond acceptors (Lipinski definition) is 2. The Bertz CT molecular complexity index is 388. The standard InChI is InChI=1S/C11H15N3S/c1-3-11(2)12-10(15)14(13-11)9-7-5-4-6-8-9/h4-8,13H,3H2,1-2H3,(H,12,15)/p+1. The van der Waals surface area contributed by atoms with Crippen molar-refractivity contribution >= 4 is 23.5 Å². The number of benzene rings is 1. The molecule has 0 fully saturated rings. The van der Waals surface area contributed by atoms with Gasteiger partial charge in [-0.2, -0.15) is 0 Å². The van der Waals surface area contributed by atoms with E-state index >= 15 is 0 Å². The highest BCUT2D eigenvalue weighted by molar-refractivity contribution is 7.96. The number of nitrogens with zero attached hydrogens (tertiary/aromatic N) is 1. The summed E-state index contributed by atoms with van der Waals surface area (Å²) in [5.41, 5.74) is 4.38. The molecule has 0 radical (unpaired) electrons. The van der Waals surface area contributed by atoms with Crippen molar-refractivity contribution in [2.75, 3.05) is 0 Å². The van der Waals surface area contributed by atoms with Gasteiger partial charge in [0.05, 0.1) is 0 Å². The molecule has 1 aromatic carbocycles. The second kappa shape index (κ2) is 3.77. The summed E-state index contributed by atoms with van der Waals surface area (Å²) < 4.78 is 1.96. The summed E-state index contributed by atoms with van der Waals surface area (Å²) >= 11 is 4.44. The molecule has 0 bridgehead atoms. The van der Waals surface area contributed by atoms with Crippen LogP contribution in [0.5, 0.6) is 0 Å². The quantitative estimate of drug-likeness (QED) is 0.526. The first-order valence-corrected chi connectivity index (χ1v) is 5.56. The number of para-hydroxylation sites is 1. The van der Waals surface area contributed by atoms with Crippen molar-refractivity contribution in [1.29, 1.82) is 0 Å². The topological polar surface area (TPSA) is 27.1 Å². The van der Waals surface area contributed by atoms with Crippen LogP contribution in [0, 0.1) is 0 Å². The lowest BCUT2D eigenvalue weighted by atomic mass is 10.1. The van der Waals surface area contributed by atoms with Gasteiger partial charge in [-0.1, -0.05) is 37.8 Å². The molecule has 15 heavy (non-hydrogen) atoms. The fourth-order valence-electron chi connectivity index (χ4n) is 1.56. The molecule has 1 aliphatic heterocycles. The molecule has 4 heteroatoms. The van der Waals surface area contributed by atoms with Gasteiger partial charge in [0.1, 0.15) is 0 Å². The van der Waals surface area contributed by atoms with Crippen LogP contribution in [-0.4, -0.2) is 15.5 Å². The van der Waals surface area contributed by atoms with Gasteiger partial charge in [-0.15, -0.1) is 4.68 Å². The average Bonchev–Trinajstić information content (AvgIpc) is 2.57. The van der Waals surface area contributed by atoms with Gasteiger partial charge < -0.3 is 0 Å². The molecular weight excluding hydrogens is 206 g/mol. The van der Waals surface area contributed by atoms with E-state index in [0.29, 0.717) is 0 Å². The number of hydrazine groups is 1. The van der Waals surface area contributed by atoms with E-state index in [4.69, 9.17) is 0 Å². The third kappa shape index (κ3) is 1.95. The summed E-state index contributed by atoms with van der Waals surface area (Å²) in [4.78, 5) is 0. The Morgan fingerprint density at radius 2 is 2.00 bits per heavy atom. The molecule has 0 spiro atoms. The molecule has 80 valence electrons. The maximum absolute atomic E-state index is 4.44. The zero-order valence-corrected chi connectivity index (χ0v) is 9.88. The Kier molecular flexibility index (Phi) is 2.61. The van der Waals surface area contributed by atoms with Crippen LogP contribution in [-0.2, 0) is 0 Å². The number of hydrazone groups is 1. The van der Waals surface area contributed by atoms with Crippen LogP contribution in [0.1, 0.15) is 20.3 Å². The minimum absolute atomic E-state index is 0.104. The minimum Gasteiger partial charge on any atom is -0.241 e. The predicted octanol–water partition coefficient (Wildman–Crippen LogP) is 1.85. The zero-order valence-electron chi connectivity index (χ0n) is 8.99. The van der Waals surface area contributed by atoms with Gasteiger partial charge in [-0.05, 0) is 12.1 Å². The van der Waals surface area contributed by atoms with Crippen molar-refractivity contribution in [2.45, 2.75) is 25.9 Å². The van der Waals surface area contributed by atoms with E-state index in [1.165, 1.54) is 0 Å². The molecule has 1 heterocycles. The molecule has 0 aliphatic carbocycles. The largest absolute Gasteiger partial charge is 0.333 e. The van der Waals surface area contributed by atoms with Gasteiger partial charge in [-0.3, -0.25) is 0 Å². The lowest BCUT2D eigenvalue weighted by molar-refractivity contribution is -0.507. The molecule has 3 nitrogen and oxygen atoms in total. The Hall–Kier alpha value is -1.16. The lowest BCUT2D eigenvalue weighted by Crippen LogP contribution is -2.48. The number of thiol groups is 1. The molecule has 1 unspecified atom stereocenters. The van der Waals surface area contributed by atoms with Crippen LogP contribution >= 0.6 is 12.6 Å². The van der Waals surface area contributed by atoms with Crippen molar-refractivity contribution in [3.63, 3.8) is 0 Å². The Morgan fingerprint density at radius 1 is 1.33 bits per heavy atom. The second-order valence-electron chi connectivity index (χ2n) is 3.92. The van der Waals surface area contributed by atoms with Crippen LogP contribution < -0.4 is 10.7 Å². The van der Waals surface area contributed by atoms with Crippen LogP contribution in [0.2, 0.25) is 0 Å². The molecule has 0 amide bonds. The molecule has 1 aliphatic rings. The van der Waals surface area contributed by atoms with E-state index in [2.05, 4.69) is 37.2 Å². The van der Waals surface area contributed by atoms with Gasteiger partial charge >= 0.3 is 5.17 Å². The maximum Gasteiger partial charge on any atom is 0.333 e. The first-order valence-electron chi connectivity index (χ1n) is 5.12. The highest BCUT2D eigenvalue weighted by Gasteiger charge is 2.38. The van der Waals surface area contributed by atoms with Crippen LogP contribution in [0.15, 0.2) is 30.3 Å². The molecular formula is C11H16N3S+. The van der Waals surface area contributed by atoms with Crippen molar-refractivity contribution in [3.05, 3.63) is 30.3 Å². The monoisotopic (exact) mass is 222 g/mol. The fourth-order valence-corrected chi connectivity index (χ4v) is 1.97. The normalized spacial score (nSPS) is 25.0. The second-order valence-corrected chi connectivity index (χ2v) is 4.34. The Balaban J connectivity index is 2.29. The SMILES string of the molecule is CCC1(C)NC(S)=[N+](c2ccccc2)N1. The highest BCUT2D eigenvalue weighted by atomic mass is 32.1. The molecule has 1 aromatic rings. The van der Waals surface area contributed by atoms with Crippen LogP contribution in [0.25, 0.3) is 0 Å². The lowest BCUT2D eigenvalue weighted by Gasteiger charge is -2.17. The van der Waals surface area contributed by atoms with E-state index in [1.54, 1.807) is 0 Å². The highest BCUT2D eigenvalue weighted by Crippen LogP contribution is 2.18. The van der Waals surface area contributed by atoms with E-state index in [-0.39, 0.29) is 5.66 Å². The molecule has 1 atom stereocenters. The average molecular weight is 222 g/mol. The Labute approximate surface area is 95.6 Å². The van der Waals surface area contributed by atoms with E-state index in [1.807, 2.05) is 35.0 Å². The summed E-state index contributed by atoms with van der Waals surface area (Å²) in [6, 6.07) is 10.1. The van der Waals surface area contributed by atoms with E-state index in [9.17, 15) is 0 Å². The van der Waals surface area contributed by atoms with Gasteiger partial charge in [-0.25, -0.2) is 10.7 Å². The minimum atomic E-state index is -0.104. The summed E-state index contributed by atoms with van der Waals surface area (Å²) in [6.45, 7) is 4.25. The molecule has 0 aromatic heterocycles. The number of amidine groups is 1. The van der Waals surface area contributed by atoms with Gasteiger partial charge in [0.2, 0.25) is 5.66 Å². The smallest absolute Gasteiger partial charge is 0.241 e. The van der Waals surface area contributed by atoms with Crippen molar-refractivity contribution in [1.82, 2.24) is 10.7 Å². The van der Waals surface area contributed by atoms with Crippen molar-refractivity contribution in [3.8, 4) is 0 Å². The molecule has 2 N–H and O–H groups in total. The van der Waals surface area contributed by atoms with Gasteiger partial charge in [0.15, 0.2) is 5.69 Å². The van der Waals surface area contributed by atoms with Gasteiger partial charge in [0, 0.05) is 13.3 Å². The third-order valence-electron chi connectivity index (χ3n) is 2.68. The summed E-state index contributed by atoms with van der Waals surface area (Å²) in [5, 5.41) is 4.16. The zero-order chi connectivity index (χ0) is 10.9. The van der Waals surface area contributed by atoms with Gasteiger partial charge in [0.25, 0.3) is 0 Å². The first-order chi connectivity index (χ1) is 7.14. The van der Waals surface area contributed by atoms with Crippen molar-refractivity contribution < 1.29 is 4.68 Å². The maximum atomic E-state index is 4.44. The number of rotatable bonds is 2. The van der Waals surface area contributed by atoms with Crippen LogP contribution in [0.4, 0.5) is 5.69 Å². The first kappa shape index (κ1) is 10.4. The predicted molar refractivity (Wildman–Crippen MR) is 65.3 cm³/mol. The Morgan fingerprint density at radius 3 is 2.53 bits per heavy atom.